The molecule has 5 aromatic heterocycles. The van der Waals surface area contributed by atoms with Gasteiger partial charge in [-0.25, -0.2) is 9.97 Å². The summed E-state index contributed by atoms with van der Waals surface area (Å²) in [6, 6.07) is 16.7. The standard InChI is InChI=1S/C52H54ClN11O6S/c1-27(2)47(51(68)62-25-39(65)20-42(62)50(67)55-22-32-7-9-34(10-8-32)48-29(4)56-26-69-48)63-24-36(23-57-63)35-15-16-54-44(17-35)70-40-18-38(19-40)58-43(66)21-41-49-61-60-31(6)64(49)52-45(28(3)30(5)71-52)46(59-41)33-11-13-37(53)14-12-33/h7-17,23-24,26-27,38-42,47,65H,18-22,25H2,1-6H3,(H,55,67)(H,58,66)/t38?,39-,40?,41+,42+,47-/m1/s1. The number of nitrogens with zero attached hydrogens (tertiary/aromatic N) is 9. The van der Waals surface area contributed by atoms with Crippen LogP contribution in [0.5, 0.6) is 5.88 Å². The summed E-state index contributed by atoms with van der Waals surface area (Å²) in [7, 11) is 0. The minimum Gasteiger partial charge on any atom is -0.474 e. The van der Waals surface area contributed by atoms with Gasteiger partial charge in [0.1, 0.15) is 35.1 Å². The van der Waals surface area contributed by atoms with E-state index in [1.807, 2.05) is 99.1 Å². The van der Waals surface area contributed by atoms with E-state index >= 15 is 0 Å². The number of aliphatic hydroxyl groups is 1. The number of rotatable bonds is 14. The van der Waals surface area contributed by atoms with E-state index in [0.29, 0.717) is 35.3 Å². The SMILES string of the molecule is Cc1ncoc1-c1ccc(CNC(=O)[C@@H]2C[C@@H](O)CN2C(=O)[C@@H](C(C)C)n2cc(-c3ccnc(OC4CC(NC(=O)C[C@@H]5N=C(c6ccc(Cl)cc6)c6c(sc(C)c6C)-n6c(C)nnc65)C4)c3)cn2)cc1. The number of fused-ring (bicyclic) bond motifs is 3. The zero-order valence-electron chi connectivity index (χ0n) is 40.2. The molecule has 4 atom stereocenters. The maximum Gasteiger partial charge on any atom is 0.248 e. The van der Waals surface area contributed by atoms with Crippen molar-refractivity contribution in [1.82, 2.24) is 50.0 Å². The number of likely N-dealkylation sites (tertiary alicyclic amines) is 1. The number of amides is 3. The number of thiophene rings is 1. The number of aliphatic hydroxyl groups excluding tert-OH is 1. The molecule has 3 N–H and O–H groups in total. The molecule has 3 aliphatic rings. The van der Waals surface area contributed by atoms with Crippen molar-refractivity contribution in [1.29, 1.82) is 0 Å². The summed E-state index contributed by atoms with van der Waals surface area (Å²) in [5.74, 6) is 1.50. The summed E-state index contributed by atoms with van der Waals surface area (Å²) in [4.78, 5) is 58.2. The second kappa shape index (κ2) is 19.6. The molecule has 366 valence electrons. The second-order valence-electron chi connectivity index (χ2n) is 18.9. The van der Waals surface area contributed by atoms with Gasteiger partial charge in [-0.2, -0.15) is 5.10 Å². The molecule has 0 radical (unpaired) electrons. The van der Waals surface area contributed by atoms with Gasteiger partial charge < -0.3 is 29.8 Å². The highest BCUT2D eigenvalue weighted by molar-refractivity contribution is 7.15. The van der Waals surface area contributed by atoms with Crippen molar-refractivity contribution in [3.05, 3.63) is 135 Å². The highest BCUT2D eigenvalue weighted by Crippen LogP contribution is 2.40. The number of ether oxygens (including phenoxy) is 1. The zero-order valence-corrected chi connectivity index (χ0v) is 41.7. The Balaban J connectivity index is 0.757. The Kier molecular flexibility index (Phi) is 13.2. The van der Waals surface area contributed by atoms with Crippen LogP contribution in [-0.2, 0) is 20.9 Å². The number of benzene rings is 2. The van der Waals surface area contributed by atoms with E-state index < -0.39 is 24.2 Å². The van der Waals surface area contributed by atoms with Crippen molar-refractivity contribution >= 4 is 46.4 Å². The number of aliphatic imine (C=N–C) groups is 1. The van der Waals surface area contributed by atoms with Crippen molar-refractivity contribution in [3.63, 3.8) is 0 Å². The van der Waals surface area contributed by atoms with Crippen LogP contribution in [0.4, 0.5) is 0 Å². The number of carbonyl (C=O) groups excluding carboxylic acids is 3. The number of oxazole rings is 1. The molecule has 0 spiro atoms. The molecule has 2 aromatic carbocycles. The minimum absolute atomic E-state index is 0.0387. The van der Waals surface area contributed by atoms with Gasteiger partial charge >= 0.3 is 0 Å². The van der Waals surface area contributed by atoms with Crippen molar-refractivity contribution in [2.75, 3.05) is 6.54 Å². The van der Waals surface area contributed by atoms with Crippen molar-refractivity contribution in [2.45, 2.75) is 110 Å². The number of pyridine rings is 1. The van der Waals surface area contributed by atoms with Gasteiger partial charge in [-0.05, 0) is 68.5 Å². The van der Waals surface area contributed by atoms with Gasteiger partial charge in [0.2, 0.25) is 23.6 Å². The smallest absolute Gasteiger partial charge is 0.248 e. The summed E-state index contributed by atoms with van der Waals surface area (Å²) >= 11 is 7.95. The number of nitrogens with one attached hydrogen (secondary N) is 2. The first-order valence-corrected chi connectivity index (χ1v) is 25.0. The van der Waals surface area contributed by atoms with Crippen molar-refractivity contribution in [2.24, 2.45) is 10.9 Å². The second-order valence-corrected chi connectivity index (χ2v) is 20.6. The zero-order chi connectivity index (χ0) is 49.7. The maximum atomic E-state index is 14.3. The van der Waals surface area contributed by atoms with E-state index in [-0.39, 0.29) is 61.7 Å². The number of carbonyl (C=O) groups is 3. The lowest BCUT2D eigenvalue weighted by Gasteiger charge is -2.35. The van der Waals surface area contributed by atoms with Gasteiger partial charge in [0.05, 0.1) is 30.1 Å². The molecule has 3 amide bonds. The Bertz CT molecular complexity index is 3150. The Hall–Kier alpha value is -7.02. The van der Waals surface area contributed by atoms with Gasteiger partial charge in [-0.1, -0.05) is 61.8 Å². The Labute approximate surface area is 419 Å². The summed E-state index contributed by atoms with van der Waals surface area (Å²) in [6.07, 6.45) is 6.99. The molecule has 71 heavy (non-hydrogen) atoms. The molecule has 0 bridgehead atoms. The molecule has 2 fully saturated rings. The first kappa shape index (κ1) is 47.6. The van der Waals surface area contributed by atoms with E-state index in [2.05, 4.69) is 49.7 Å². The van der Waals surface area contributed by atoms with Crippen LogP contribution in [-0.4, -0.2) is 98.8 Å². The lowest BCUT2D eigenvalue weighted by atomic mass is 9.89. The summed E-state index contributed by atoms with van der Waals surface area (Å²) in [6.45, 7) is 12.1. The van der Waals surface area contributed by atoms with Crippen LogP contribution < -0.4 is 15.4 Å². The number of hydrogen-bond donors (Lipinski definition) is 3. The van der Waals surface area contributed by atoms with Crippen LogP contribution in [0.1, 0.15) is 96.1 Å². The van der Waals surface area contributed by atoms with Crippen LogP contribution in [0.15, 0.2) is 95.1 Å². The molecule has 7 heterocycles. The van der Waals surface area contributed by atoms with Gasteiger partial charge in [0, 0.05) is 89.0 Å². The minimum atomic E-state index is -0.842. The quantitative estimate of drug-likeness (QED) is 0.0966. The van der Waals surface area contributed by atoms with Crippen molar-refractivity contribution < 1.29 is 28.6 Å². The molecule has 17 nitrogen and oxygen atoms in total. The summed E-state index contributed by atoms with van der Waals surface area (Å²) < 4.78 is 15.5. The molecule has 0 unspecified atom stereocenters. The van der Waals surface area contributed by atoms with Crippen LogP contribution in [0, 0.1) is 33.6 Å². The number of aromatic nitrogens is 7. The average molecular weight is 997 g/mol. The maximum absolute atomic E-state index is 14.3. The Morgan fingerprint density at radius 3 is 2.44 bits per heavy atom. The van der Waals surface area contributed by atoms with Crippen LogP contribution in [0.3, 0.4) is 0 Å². The lowest BCUT2D eigenvalue weighted by Crippen LogP contribution is -2.49. The monoisotopic (exact) mass is 995 g/mol. The lowest BCUT2D eigenvalue weighted by molar-refractivity contribution is -0.142. The first-order valence-electron chi connectivity index (χ1n) is 23.8. The van der Waals surface area contributed by atoms with E-state index in [4.69, 9.17) is 25.7 Å². The van der Waals surface area contributed by atoms with Gasteiger partial charge in [-0.15, -0.1) is 21.5 Å². The molecular formula is C52H54ClN11O6S. The number of β-amino-alcohol motifs (C(OH)–C–C–N with tert-alkyl or cyclic N) is 1. The van der Waals surface area contributed by atoms with Crippen LogP contribution in [0.2, 0.25) is 5.02 Å². The molecule has 2 aliphatic heterocycles. The normalized spacial score (nSPS) is 19.9. The molecule has 7 aromatic rings. The molecule has 1 saturated carbocycles. The first-order chi connectivity index (χ1) is 34.2. The predicted octanol–water partition coefficient (Wildman–Crippen LogP) is 7.61. The highest BCUT2D eigenvalue weighted by atomic mass is 35.5. The topological polar surface area (TPSA) is 208 Å². The summed E-state index contributed by atoms with van der Waals surface area (Å²) in [5, 5.41) is 32.1. The largest absolute Gasteiger partial charge is 0.474 e. The van der Waals surface area contributed by atoms with E-state index in [9.17, 15) is 19.5 Å². The molecule has 10 rings (SSSR count). The third-order valence-corrected chi connectivity index (χ3v) is 15.1. The fourth-order valence-electron chi connectivity index (χ4n) is 9.68. The van der Waals surface area contributed by atoms with Gasteiger partial charge in [-0.3, -0.25) is 28.6 Å². The fourth-order valence-corrected chi connectivity index (χ4v) is 11.0. The third kappa shape index (κ3) is 9.63. The highest BCUT2D eigenvalue weighted by Gasteiger charge is 2.43. The average Bonchev–Trinajstić information content (AvgIpc) is 4.19. The number of halogens is 1. The predicted molar refractivity (Wildman–Crippen MR) is 267 cm³/mol. The van der Waals surface area contributed by atoms with Gasteiger partial charge in [0.15, 0.2) is 18.0 Å². The molecule has 19 heteroatoms. The number of hydrogen-bond acceptors (Lipinski definition) is 13. The molecule has 1 saturated heterocycles. The van der Waals surface area contributed by atoms with E-state index in [0.717, 1.165) is 61.2 Å². The molecular weight excluding hydrogens is 942 g/mol. The summed E-state index contributed by atoms with van der Waals surface area (Å²) in [5.41, 5.74) is 7.92. The third-order valence-electron chi connectivity index (χ3n) is 13.6. The van der Waals surface area contributed by atoms with Gasteiger partial charge in [0.25, 0.3) is 0 Å². The van der Waals surface area contributed by atoms with Crippen LogP contribution in [0.25, 0.3) is 27.5 Å². The fraction of sp³-hybridized carbons (Fsp3) is 0.365. The molecule has 1 aliphatic carbocycles. The van der Waals surface area contributed by atoms with Crippen molar-refractivity contribution in [3.8, 4) is 33.3 Å². The number of aryl methyl sites for hydroxylation is 3. The van der Waals surface area contributed by atoms with E-state index in [1.54, 1.807) is 28.4 Å². The Morgan fingerprint density at radius 1 is 0.944 bits per heavy atom. The van der Waals surface area contributed by atoms with Crippen LogP contribution >= 0.6 is 22.9 Å². The van der Waals surface area contributed by atoms with E-state index in [1.165, 1.54) is 16.2 Å². The Morgan fingerprint density at radius 2 is 1.70 bits per heavy atom.